The molecule has 170 valence electrons. The van der Waals surface area contributed by atoms with Crippen LogP contribution in [-0.4, -0.2) is 53.1 Å². The topological polar surface area (TPSA) is 60.4 Å². The highest BCUT2D eigenvalue weighted by Gasteiger charge is 2.26. The molecular formula is C27H27N7. The molecule has 4 heterocycles. The number of pyridine rings is 1. The Morgan fingerprint density at radius 3 is 2.38 bits per heavy atom. The van der Waals surface area contributed by atoms with Gasteiger partial charge in [0.05, 0.1) is 12.2 Å². The van der Waals surface area contributed by atoms with Crippen LogP contribution in [0.25, 0.3) is 11.3 Å². The number of likely N-dealkylation sites (N-methyl/N-ethyl adjacent to an activating group) is 1. The van der Waals surface area contributed by atoms with Crippen molar-refractivity contribution in [3.63, 3.8) is 0 Å². The van der Waals surface area contributed by atoms with Gasteiger partial charge in [0.1, 0.15) is 5.82 Å². The van der Waals surface area contributed by atoms with E-state index in [0.717, 1.165) is 60.2 Å². The number of rotatable bonds is 4. The molecule has 1 N–H and O–H groups in total. The van der Waals surface area contributed by atoms with Gasteiger partial charge in [-0.2, -0.15) is 0 Å². The van der Waals surface area contributed by atoms with Crippen LogP contribution in [0.15, 0.2) is 79.1 Å². The number of anilines is 5. The van der Waals surface area contributed by atoms with Crippen molar-refractivity contribution in [3.05, 3.63) is 84.7 Å². The molecule has 0 saturated carbocycles. The molecule has 0 bridgehead atoms. The number of hydrogen-bond acceptors (Lipinski definition) is 7. The van der Waals surface area contributed by atoms with Crippen molar-refractivity contribution in [2.75, 3.05) is 48.3 Å². The molecule has 0 aliphatic carbocycles. The number of para-hydroxylation sites is 1. The van der Waals surface area contributed by atoms with Gasteiger partial charge in [-0.25, -0.2) is 15.0 Å². The standard InChI is InChI=1S/C27H27N7/c1-32-14-16-33(17-15-32)22-11-9-21(10-12-22)30-27-29-18-20-19-34(23-6-3-2-4-7-23)26-24(25(20)31-27)8-5-13-28-26/h2-13,18H,14-17,19H2,1H3,(H,29,30,31). The van der Waals surface area contributed by atoms with E-state index in [0.29, 0.717) is 12.5 Å². The molecule has 2 aromatic carbocycles. The van der Waals surface area contributed by atoms with E-state index in [-0.39, 0.29) is 0 Å². The number of nitrogens with one attached hydrogen (secondary N) is 1. The molecule has 0 unspecified atom stereocenters. The van der Waals surface area contributed by atoms with Gasteiger partial charge in [-0.3, -0.25) is 0 Å². The molecule has 7 heteroatoms. The summed E-state index contributed by atoms with van der Waals surface area (Å²) in [7, 11) is 2.18. The molecule has 34 heavy (non-hydrogen) atoms. The lowest BCUT2D eigenvalue weighted by molar-refractivity contribution is 0.313. The predicted octanol–water partition coefficient (Wildman–Crippen LogP) is 4.69. The normalized spacial score (nSPS) is 15.6. The Hall–Kier alpha value is -3.97. The van der Waals surface area contributed by atoms with E-state index in [9.17, 15) is 0 Å². The van der Waals surface area contributed by atoms with Crippen molar-refractivity contribution in [3.8, 4) is 11.3 Å². The van der Waals surface area contributed by atoms with E-state index in [1.165, 1.54) is 5.69 Å². The predicted molar refractivity (Wildman–Crippen MR) is 137 cm³/mol. The summed E-state index contributed by atoms with van der Waals surface area (Å²) in [6, 6.07) is 22.9. The zero-order valence-electron chi connectivity index (χ0n) is 19.2. The van der Waals surface area contributed by atoms with E-state index >= 15 is 0 Å². The Labute approximate surface area is 199 Å². The smallest absolute Gasteiger partial charge is 0.227 e. The summed E-state index contributed by atoms with van der Waals surface area (Å²) in [5.41, 5.74) is 6.37. The molecule has 7 nitrogen and oxygen atoms in total. The summed E-state index contributed by atoms with van der Waals surface area (Å²) in [5, 5.41) is 3.38. The first-order valence-electron chi connectivity index (χ1n) is 11.7. The zero-order valence-corrected chi connectivity index (χ0v) is 19.2. The van der Waals surface area contributed by atoms with E-state index in [1.807, 2.05) is 36.7 Å². The van der Waals surface area contributed by atoms with Crippen molar-refractivity contribution >= 4 is 28.8 Å². The fraction of sp³-hybridized carbons (Fsp3) is 0.222. The third kappa shape index (κ3) is 3.95. The molecule has 2 aromatic heterocycles. The highest BCUT2D eigenvalue weighted by Crippen LogP contribution is 2.40. The van der Waals surface area contributed by atoms with Crippen LogP contribution in [-0.2, 0) is 6.54 Å². The van der Waals surface area contributed by atoms with E-state index in [4.69, 9.17) is 4.98 Å². The summed E-state index contributed by atoms with van der Waals surface area (Å²) >= 11 is 0. The Kier molecular flexibility index (Phi) is 5.31. The maximum absolute atomic E-state index is 4.89. The summed E-state index contributed by atoms with van der Waals surface area (Å²) in [5.74, 6) is 1.51. The molecule has 4 aromatic rings. The second-order valence-electron chi connectivity index (χ2n) is 8.83. The lowest BCUT2D eigenvalue weighted by Gasteiger charge is -2.34. The summed E-state index contributed by atoms with van der Waals surface area (Å²) in [6.45, 7) is 5.00. The summed E-state index contributed by atoms with van der Waals surface area (Å²) < 4.78 is 0. The lowest BCUT2D eigenvalue weighted by Crippen LogP contribution is -2.44. The highest BCUT2D eigenvalue weighted by molar-refractivity contribution is 5.83. The van der Waals surface area contributed by atoms with Gasteiger partial charge in [0.2, 0.25) is 5.95 Å². The number of fused-ring (bicyclic) bond motifs is 3. The van der Waals surface area contributed by atoms with Crippen molar-refractivity contribution < 1.29 is 0 Å². The molecule has 2 aliphatic rings. The van der Waals surface area contributed by atoms with Crippen LogP contribution in [0.5, 0.6) is 0 Å². The first kappa shape index (κ1) is 20.6. The fourth-order valence-corrected chi connectivity index (χ4v) is 4.63. The minimum absolute atomic E-state index is 0.592. The van der Waals surface area contributed by atoms with Crippen LogP contribution in [0.2, 0.25) is 0 Å². The number of benzene rings is 2. The van der Waals surface area contributed by atoms with Gasteiger partial charge < -0.3 is 20.0 Å². The molecule has 0 atom stereocenters. The first-order valence-corrected chi connectivity index (χ1v) is 11.7. The quantitative estimate of drug-likeness (QED) is 0.485. The van der Waals surface area contributed by atoms with Crippen molar-refractivity contribution in [2.45, 2.75) is 6.54 Å². The molecule has 1 saturated heterocycles. The summed E-state index contributed by atoms with van der Waals surface area (Å²) in [4.78, 5) is 21.2. The van der Waals surface area contributed by atoms with Crippen LogP contribution in [0.4, 0.5) is 28.8 Å². The zero-order chi connectivity index (χ0) is 22.9. The molecule has 6 rings (SSSR count). The summed E-state index contributed by atoms with van der Waals surface area (Å²) in [6.07, 6.45) is 3.76. The van der Waals surface area contributed by atoms with Crippen molar-refractivity contribution in [1.82, 2.24) is 19.9 Å². The van der Waals surface area contributed by atoms with E-state index in [1.54, 1.807) is 0 Å². The van der Waals surface area contributed by atoms with Crippen LogP contribution >= 0.6 is 0 Å². The molecule has 0 amide bonds. The second kappa shape index (κ2) is 8.76. The van der Waals surface area contributed by atoms with Crippen LogP contribution in [0.3, 0.4) is 0 Å². The monoisotopic (exact) mass is 449 g/mol. The number of hydrogen-bond donors (Lipinski definition) is 1. The van der Waals surface area contributed by atoms with Gasteiger partial charge in [-0.05, 0) is 55.6 Å². The largest absolute Gasteiger partial charge is 0.369 e. The van der Waals surface area contributed by atoms with Crippen LogP contribution < -0.4 is 15.1 Å². The van der Waals surface area contributed by atoms with Crippen molar-refractivity contribution in [1.29, 1.82) is 0 Å². The van der Waals surface area contributed by atoms with Gasteiger partial charge in [0.25, 0.3) is 0 Å². The number of nitrogens with zero attached hydrogens (tertiary/aromatic N) is 6. The van der Waals surface area contributed by atoms with Gasteiger partial charge >= 0.3 is 0 Å². The van der Waals surface area contributed by atoms with Gasteiger partial charge in [0, 0.05) is 66.8 Å². The average Bonchev–Trinajstić information content (AvgIpc) is 2.90. The number of aromatic nitrogens is 3. The SMILES string of the molecule is CN1CCN(c2ccc(Nc3ncc4c(n3)-c3cccnc3N(c3ccccc3)C4)cc2)CC1. The van der Waals surface area contributed by atoms with Crippen LogP contribution in [0, 0.1) is 0 Å². The maximum atomic E-state index is 4.89. The van der Waals surface area contributed by atoms with Gasteiger partial charge in [0.15, 0.2) is 0 Å². The third-order valence-electron chi connectivity index (χ3n) is 6.55. The second-order valence-corrected chi connectivity index (χ2v) is 8.83. The Morgan fingerprint density at radius 2 is 1.59 bits per heavy atom. The van der Waals surface area contributed by atoms with Gasteiger partial charge in [-0.15, -0.1) is 0 Å². The highest BCUT2D eigenvalue weighted by atomic mass is 15.2. The average molecular weight is 450 g/mol. The van der Waals surface area contributed by atoms with E-state index in [2.05, 4.69) is 79.5 Å². The van der Waals surface area contributed by atoms with Gasteiger partial charge in [-0.1, -0.05) is 18.2 Å². The fourth-order valence-electron chi connectivity index (χ4n) is 4.63. The Balaban J connectivity index is 1.25. The number of piperazine rings is 1. The Bertz CT molecular complexity index is 1280. The molecule has 0 spiro atoms. The molecule has 0 radical (unpaired) electrons. The van der Waals surface area contributed by atoms with E-state index < -0.39 is 0 Å². The lowest BCUT2D eigenvalue weighted by atomic mass is 10.0. The Morgan fingerprint density at radius 1 is 0.794 bits per heavy atom. The first-order chi connectivity index (χ1) is 16.7. The molecular weight excluding hydrogens is 422 g/mol. The maximum Gasteiger partial charge on any atom is 0.227 e. The van der Waals surface area contributed by atoms with Crippen molar-refractivity contribution in [2.24, 2.45) is 0 Å². The third-order valence-corrected chi connectivity index (χ3v) is 6.55. The molecule has 1 fully saturated rings. The minimum Gasteiger partial charge on any atom is -0.369 e. The molecule has 2 aliphatic heterocycles. The van der Waals surface area contributed by atoms with Crippen LogP contribution in [0.1, 0.15) is 5.56 Å². The minimum atomic E-state index is 0.592.